The third-order valence-corrected chi connectivity index (χ3v) is 3.95. The van der Waals surface area contributed by atoms with Crippen LogP contribution in [0.5, 0.6) is 0 Å². The largest absolute Gasteiger partial charge is 0.386 e. The molecule has 142 valence electrons. The minimum atomic E-state index is -0.649. The maximum atomic E-state index is 10.2. The van der Waals surface area contributed by atoms with Gasteiger partial charge in [-0.05, 0) is 38.1 Å². The highest BCUT2D eigenvalue weighted by Gasteiger charge is 2.07. The highest BCUT2D eigenvalue weighted by Crippen LogP contribution is 2.16. The van der Waals surface area contributed by atoms with Crippen molar-refractivity contribution in [1.82, 2.24) is 15.5 Å². The minimum absolute atomic E-state index is 0.292. The summed E-state index contributed by atoms with van der Waals surface area (Å²) in [5.41, 5.74) is 0.807. The van der Waals surface area contributed by atoms with Gasteiger partial charge in [0.15, 0.2) is 5.96 Å². The van der Waals surface area contributed by atoms with Gasteiger partial charge in [-0.25, -0.2) is 0 Å². The molecular weight excluding hydrogens is 340 g/mol. The van der Waals surface area contributed by atoms with Crippen molar-refractivity contribution < 1.29 is 9.84 Å². The highest BCUT2D eigenvalue weighted by atomic mass is 35.5. The third-order valence-electron chi connectivity index (χ3n) is 3.70. The number of methoxy groups -OCH3 is 1. The van der Waals surface area contributed by atoms with Crippen LogP contribution in [-0.2, 0) is 4.74 Å². The lowest BCUT2D eigenvalue weighted by Gasteiger charge is -2.18. The predicted octanol–water partition coefficient (Wildman–Crippen LogP) is 1.90. The smallest absolute Gasteiger partial charge is 0.191 e. The number of aliphatic hydroxyl groups is 1. The number of hydrogen-bond donors (Lipinski definition) is 3. The zero-order valence-electron chi connectivity index (χ0n) is 15.5. The van der Waals surface area contributed by atoms with Crippen LogP contribution in [0.4, 0.5) is 0 Å². The Kier molecular flexibility index (Phi) is 11.2. The van der Waals surface area contributed by atoms with Crippen LogP contribution < -0.4 is 10.6 Å². The van der Waals surface area contributed by atoms with E-state index in [1.807, 2.05) is 19.1 Å². The van der Waals surface area contributed by atoms with E-state index in [2.05, 4.69) is 27.6 Å². The average Bonchev–Trinajstić information content (AvgIpc) is 2.60. The summed E-state index contributed by atoms with van der Waals surface area (Å²) >= 11 is 5.87. The first kappa shape index (κ1) is 21.7. The number of nitrogens with zero attached hydrogens (tertiary/aromatic N) is 2. The van der Waals surface area contributed by atoms with E-state index in [0.29, 0.717) is 17.5 Å². The van der Waals surface area contributed by atoms with Crippen molar-refractivity contribution in [3.8, 4) is 0 Å². The summed E-state index contributed by atoms with van der Waals surface area (Å²) in [7, 11) is 3.81. The Morgan fingerprint density at radius 1 is 1.28 bits per heavy atom. The van der Waals surface area contributed by atoms with Crippen LogP contribution in [0.1, 0.15) is 25.0 Å². The number of aliphatic hydroxyl groups excluding tert-OH is 1. The summed E-state index contributed by atoms with van der Waals surface area (Å²) < 4.78 is 5.06. The molecule has 0 aliphatic rings. The van der Waals surface area contributed by atoms with Crippen molar-refractivity contribution in [2.24, 2.45) is 4.99 Å². The summed E-state index contributed by atoms with van der Waals surface area (Å²) in [6, 6.07) is 7.18. The standard InChI is InChI=1S/C18H31ClN4O2/c1-4-20-18(21-10-12-23(2)11-5-13-25-3)22-14-17(24)15-6-8-16(19)9-7-15/h6-9,17,24H,4-5,10-14H2,1-3H3,(H2,20,21,22). The van der Waals surface area contributed by atoms with Crippen molar-refractivity contribution >= 4 is 17.6 Å². The number of ether oxygens (including phenoxy) is 1. The van der Waals surface area contributed by atoms with Crippen molar-refractivity contribution in [3.05, 3.63) is 34.9 Å². The zero-order chi connectivity index (χ0) is 18.5. The number of guanidine groups is 1. The van der Waals surface area contributed by atoms with Gasteiger partial charge >= 0.3 is 0 Å². The minimum Gasteiger partial charge on any atom is -0.386 e. The lowest BCUT2D eigenvalue weighted by molar-refractivity contribution is 0.180. The molecule has 1 aromatic carbocycles. The van der Waals surface area contributed by atoms with E-state index in [0.717, 1.165) is 44.8 Å². The van der Waals surface area contributed by atoms with Gasteiger partial charge in [0.05, 0.1) is 12.6 Å². The molecule has 0 saturated heterocycles. The molecule has 0 heterocycles. The molecule has 0 aliphatic carbocycles. The highest BCUT2D eigenvalue weighted by molar-refractivity contribution is 6.30. The summed E-state index contributed by atoms with van der Waals surface area (Å²) in [5.74, 6) is 0.709. The average molecular weight is 371 g/mol. The fraction of sp³-hybridized carbons (Fsp3) is 0.611. The van der Waals surface area contributed by atoms with Crippen molar-refractivity contribution in [1.29, 1.82) is 0 Å². The first-order chi connectivity index (χ1) is 12.1. The monoisotopic (exact) mass is 370 g/mol. The van der Waals surface area contributed by atoms with Gasteiger partial charge in [-0.1, -0.05) is 23.7 Å². The molecule has 1 unspecified atom stereocenters. The van der Waals surface area contributed by atoms with Gasteiger partial charge in [0.2, 0.25) is 0 Å². The van der Waals surface area contributed by atoms with Crippen LogP contribution >= 0.6 is 11.6 Å². The van der Waals surface area contributed by atoms with E-state index in [-0.39, 0.29) is 0 Å². The van der Waals surface area contributed by atoms with Gasteiger partial charge in [0, 0.05) is 44.9 Å². The molecule has 6 nitrogen and oxygen atoms in total. The Morgan fingerprint density at radius 2 is 2.00 bits per heavy atom. The number of nitrogens with one attached hydrogen (secondary N) is 2. The molecular formula is C18H31ClN4O2. The fourth-order valence-corrected chi connectivity index (χ4v) is 2.39. The topological polar surface area (TPSA) is 69.1 Å². The van der Waals surface area contributed by atoms with Crippen LogP contribution in [0.15, 0.2) is 29.3 Å². The van der Waals surface area contributed by atoms with E-state index < -0.39 is 6.10 Å². The molecule has 1 atom stereocenters. The second-order valence-corrected chi connectivity index (χ2v) is 6.30. The lowest BCUT2D eigenvalue weighted by Crippen LogP contribution is -2.41. The SMILES string of the molecule is CCNC(=NCC(O)c1ccc(Cl)cc1)NCCN(C)CCCOC. The molecule has 1 aromatic rings. The van der Waals surface area contributed by atoms with Crippen LogP contribution in [0.2, 0.25) is 5.02 Å². The van der Waals surface area contributed by atoms with E-state index in [4.69, 9.17) is 16.3 Å². The molecule has 0 spiro atoms. The van der Waals surface area contributed by atoms with E-state index in [1.54, 1.807) is 19.2 Å². The zero-order valence-corrected chi connectivity index (χ0v) is 16.2. The molecule has 0 saturated carbocycles. The molecule has 3 N–H and O–H groups in total. The van der Waals surface area contributed by atoms with Crippen molar-refractivity contribution in [3.63, 3.8) is 0 Å². The maximum Gasteiger partial charge on any atom is 0.191 e. The number of aliphatic imine (C=N–C) groups is 1. The van der Waals surface area contributed by atoms with E-state index in [9.17, 15) is 5.11 Å². The van der Waals surface area contributed by atoms with Crippen LogP contribution in [0, 0.1) is 0 Å². The first-order valence-electron chi connectivity index (χ1n) is 8.70. The number of benzene rings is 1. The quantitative estimate of drug-likeness (QED) is 0.315. The van der Waals surface area contributed by atoms with Crippen LogP contribution in [0.3, 0.4) is 0 Å². The molecule has 0 aliphatic heterocycles. The summed E-state index contributed by atoms with van der Waals surface area (Å²) in [6.07, 6.45) is 0.374. The second-order valence-electron chi connectivity index (χ2n) is 5.86. The van der Waals surface area contributed by atoms with Crippen molar-refractivity contribution in [2.45, 2.75) is 19.4 Å². The molecule has 0 amide bonds. The van der Waals surface area contributed by atoms with Crippen LogP contribution in [-0.4, -0.2) is 69.5 Å². The molecule has 0 aromatic heterocycles. The number of hydrogen-bond acceptors (Lipinski definition) is 4. The first-order valence-corrected chi connectivity index (χ1v) is 9.07. The summed E-state index contributed by atoms with van der Waals surface area (Å²) in [4.78, 5) is 6.71. The van der Waals surface area contributed by atoms with Gasteiger partial charge in [0.25, 0.3) is 0 Å². The van der Waals surface area contributed by atoms with Gasteiger partial charge < -0.3 is 25.4 Å². The molecule has 0 radical (unpaired) electrons. The predicted molar refractivity (Wildman–Crippen MR) is 104 cm³/mol. The molecule has 7 heteroatoms. The summed E-state index contributed by atoms with van der Waals surface area (Å²) in [6.45, 7) is 6.56. The van der Waals surface area contributed by atoms with Crippen molar-refractivity contribution in [2.75, 3.05) is 53.5 Å². The molecule has 0 fully saturated rings. The van der Waals surface area contributed by atoms with Gasteiger partial charge in [-0.2, -0.15) is 0 Å². The Bertz CT molecular complexity index is 496. The maximum absolute atomic E-state index is 10.2. The summed E-state index contributed by atoms with van der Waals surface area (Å²) in [5, 5.41) is 17.4. The normalized spacial score (nSPS) is 13.1. The Balaban J connectivity index is 2.41. The number of halogens is 1. The molecule has 0 bridgehead atoms. The second kappa shape index (κ2) is 12.9. The Labute approximate surface area is 156 Å². The fourth-order valence-electron chi connectivity index (χ4n) is 2.27. The van der Waals surface area contributed by atoms with E-state index >= 15 is 0 Å². The van der Waals surface area contributed by atoms with E-state index in [1.165, 1.54) is 0 Å². The Morgan fingerprint density at radius 3 is 2.64 bits per heavy atom. The molecule has 25 heavy (non-hydrogen) atoms. The number of rotatable bonds is 11. The van der Waals surface area contributed by atoms with Gasteiger partial charge in [0.1, 0.15) is 0 Å². The lowest BCUT2D eigenvalue weighted by atomic mass is 10.1. The molecule has 1 rings (SSSR count). The number of likely N-dealkylation sites (N-methyl/N-ethyl adjacent to an activating group) is 1. The Hall–Kier alpha value is -1.34. The van der Waals surface area contributed by atoms with Gasteiger partial charge in [-0.3, -0.25) is 4.99 Å². The van der Waals surface area contributed by atoms with Gasteiger partial charge in [-0.15, -0.1) is 0 Å². The van der Waals surface area contributed by atoms with Crippen LogP contribution in [0.25, 0.3) is 0 Å². The third kappa shape index (κ3) is 9.65.